The Morgan fingerprint density at radius 3 is 2.46 bits per heavy atom. The summed E-state index contributed by atoms with van der Waals surface area (Å²) in [7, 11) is 0. The van der Waals surface area contributed by atoms with Gasteiger partial charge in [0.25, 0.3) is 5.84 Å². The first-order chi connectivity index (χ1) is 6.40. The zero-order valence-corrected chi connectivity index (χ0v) is 6.62. The summed E-state index contributed by atoms with van der Waals surface area (Å²) in [5, 5.41) is 7.28. The van der Waals surface area contributed by atoms with Crippen molar-refractivity contribution in [3.8, 4) is 0 Å². The molecule has 62 valence electrons. The van der Waals surface area contributed by atoms with Gasteiger partial charge in [-0.1, -0.05) is 18.2 Å². The topological polar surface area (TPSA) is 73.5 Å². The van der Waals surface area contributed by atoms with E-state index in [-0.39, 0.29) is 5.96 Å². The third kappa shape index (κ3) is 1.40. The van der Waals surface area contributed by atoms with Crippen LogP contribution in [0.1, 0.15) is 5.56 Å². The van der Waals surface area contributed by atoms with Crippen LogP contribution >= 0.6 is 0 Å². The fourth-order valence-electron chi connectivity index (χ4n) is 0.983. The predicted molar refractivity (Wildman–Crippen MR) is 46.5 cm³/mol. The molecule has 0 bridgehead atoms. The molecule has 0 saturated heterocycles. The minimum Gasteiger partial charge on any atom is -0.542 e. The zero-order valence-electron chi connectivity index (χ0n) is 6.62. The summed E-state index contributed by atoms with van der Waals surface area (Å²) in [6.07, 6.45) is 0. The lowest BCUT2D eigenvalue weighted by Crippen LogP contribution is -1.93. The number of benzene rings is 1. The van der Waals surface area contributed by atoms with Crippen LogP contribution in [0, 0.1) is 0 Å². The van der Waals surface area contributed by atoms with Crippen LogP contribution in [0.2, 0.25) is 0 Å². The van der Waals surface area contributed by atoms with E-state index in [4.69, 9.17) is 5.53 Å². The van der Waals surface area contributed by atoms with Gasteiger partial charge in [0.2, 0.25) is 0 Å². The molecule has 2 rings (SSSR count). The second kappa shape index (κ2) is 3.08. The third-order valence-electron chi connectivity index (χ3n) is 1.56. The van der Waals surface area contributed by atoms with Crippen molar-refractivity contribution in [2.45, 2.75) is 0 Å². The van der Waals surface area contributed by atoms with Crippen molar-refractivity contribution in [2.24, 2.45) is 15.2 Å². The Kier molecular flexibility index (Phi) is 1.78. The van der Waals surface area contributed by atoms with Crippen LogP contribution in [-0.2, 0) is 0 Å². The van der Waals surface area contributed by atoms with Gasteiger partial charge in [0.05, 0.1) is 5.11 Å². The molecular formula is C8H5N5. The normalized spacial score (nSPS) is 14.2. The van der Waals surface area contributed by atoms with Gasteiger partial charge in [-0.15, -0.1) is 0 Å². The SMILES string of the molecule is [N-]=[N+]=C1N=NC(c2ccccc2)=N1. The lowest BCUT2D eigenvalue weighted by Gasteiger charge is -1.88. The molecule has 0 aliphatic carbocycles. The van der Waals surface area contributed by atoms with Crippen molar-refractivity contribution in [3.63, 3.8) is 0 Å². The Labute approximate surface area is 74.1 Å². The molecule has 0 N–H and O–H groups in total. The second-order valence-electron chi connectivity index (χ2n) is 2.40. The van der Waals surface area contributed by atoms with E-state index in [2.05, 4.69) is 20.0 Å². The number of amidine groups is 1. The monoisotopic (exact) mass is 171 g/mol. The minimum atomic E-state index is -0.0150. The molecule has 1 heterocycles. The lowest BCUT2D eigenvalue weighted by atomic mass is 10.2. The fraction of sp³-hybridized carbons (Fsp3) is 0. The maximum absolute atomic E-state index is 8.36. The summed E-state index contributed by atoms with van der Waals surface area (Å²) >= 11 is 0. The molecule has 5 nitrogen and oxygen atoms in total. The van der Waals surface area contributed by atoms with Crippen LogP contribution < -0.4 is 0 Å². The molecule has 0 aromatic heterocycles. The third-order valence-corrected chi connectivity index (χ3v) is 1.56. The maximum Gasteiger partial charge on any atom is 0.530 e. The van der Waals surface area contributed by atoms with Gasteiger partial charge in [0.1, 0.15) is 0 Å². The number of hydrogen-bond donors (Lipinski definition) is 0. The molecule has 0 amide bonds. The van der Waals surface area contributed by atoms with Gasteiger partial charge in [-0.3, -0.25) is 0 Å². The van der Waals surface area contributed by atoms with Gasteiger partial charge in [-0.05, 0) is 22.2 Å². The first-order valence-corrected chi connectivity index (χ1v) is 3.68. The van der Waals surface area contributed by atoms with Crippen LogP contribution in [0.3, 0.4) is 0 Å². The fourth-order valence-corrected chi connectivity index (χ4v) is 0.983. The molecule has 0 saturated carbocycles. The largest absolute Gasteiger partial charge is 0.542 e. The van der Waals surface area contributed by atoms with E-state index >= 15 is 0 Å². The quantitative estimate of drug-likeness (QED) is 0.453. The second-order valence-corrected chi connectivity index (χ2v) is 2.40. The van der Waals surface area contributed by atoms with Gasteiger partial charge in [0.15, 0.2) is 0 Å². The predicted octanol–water partition coefficient (Wildman–Crippen LogP) is 1.48. The van der Waals surface area contributed by atoms with Crippen molar-refractivity contribution >= 4 is 11.8 Å². The summed E-state index contributed by atoms with van der Waals surface area (Å²) in [5.74, 6) is 0.451. The van der Waals surface area contributed by atoms with Gasteiger partial charge >= 0.3 is 5.96 Å². The van der Waals surface area contributed by atoms with Crippen molar-refractivity contribution in [3.05, 3.63) is 41.4 Å². The number of aliphatic imine (C=N–C) groups is 1. The Hall–Kier alpha value is -2.13. The summed E-state index contributed by atoms with van der Waals surface area (Å²) in [4.78, 5) is 6.69. The Bertz CT molecular complexity index is 425. The Balaban J connectivity index is 2.41. The van der Waals surface area contributed by atoms with Gasteiger partial charge < -0.3 is 10.3 Å². The van der Waals surface area contributed by atoms with E-state index < -0.39 is 0 Å². The Morgan fingerprint density at radius 1 is 1.08 bits per heavy atom. The van der Waals surface area contributed by atoms with Crippen molar-refractivity contribution < 1.29 is 4.79 Å². The van der Waals surface area contributed by atoms with Crippen LogP contribution in [0.25, 0.3) is 5.53 Å². The van der Waals surface area contributed by atoms with Crippen LogP contribution in [0.4, 0.5) is 0 Å². The van der Waals surface area contributed by atoms with Gasteiger partial charge in [0, 0.05) is 5.56 Å². The lowest BCUT2D eigenvalue weighted by molar-refractivity contribution is -0.00828. The van der Waals surface area contributed by atoms with E-state index in [1.165, 1.54) is 0 Å². The summed E-state index contributed by atoms with van der Waals surface area (Å²) in [6.45, 7) is 0. The van der Waals surface area contributed by atoms with E-state index in [0.717, 1.165) is 5.56 Å². The first-order valence-electron chi connectivity index (χ1n) is 3.68. The molecule has 0 spiro atoms. The summed E-state index contributed by atoms with van der Waals surface area (Å²) < 4.78 is 0. The highest BCUT2D eigenvalue weighted by molar-refractivity contribution is 6.08. The highest BCUT2D eigenvalue weighted by Crippen LogP contribution is 2.07. The molecule has 5 heteroatoms. The van der Waals surface area contributed by atoms with Gasteiger partial charge in [-0.2, -0.15) is 0 Å². The number of nitrogens with zero attached hydrogens (tertiary/aromatic N) is 5. The highest BCUT2D eigenvalue weighted by Gasteiger charge is 2.20. The van der Waals surface area contributed by atoms with E-state index in [9.17, 15) is 0 Å². The minimum absolute atomic E-state index is 0.0150. The zero-order chi connectivity index (χ0) is 9.10. The summed E-state index contributed by atoms with van der Waals surface area (Å²) in [6, 6.07) is 9.37. The van der Waals surface area contributed by atoms with Gasteiger partial charge in [-0.25, -0.2) is 0 Å². The smallest absolute Gasteiger partial charge is 0.530 e. The van der Waals surface area contributed by atoms with Crippen LogP contribution in [-0.4, -0.2) is 16.6 Å². The number of rotatable bonds is 1. The number of azo groups is 1. The molecule has 0 unspecified atom stereocenters. The average Bonchev–Trinajstić information content (AvgIpc) is 2.67. The molecule has 0 fully saturated rings. The van der Waals surface area contributed by atoms with E-state index in [1.54, 1.807) is 0 Å². The maximum atomic E-state index is 8.36. The molecular weight excluding hydrogens is 166 g/mol. The molecule has 1 aromatic rings. The molecule has 1 aromatic carbocycles. The number of guanidine groups is 1. The van der Waals surface area contributed by atoms with E-state index in [1.807, 2.05) is 30.3 Å². The number of hydrogen-bond acceptors (Lipinski definition) is 1. The van der Waals surface area contributed by atoms with Crippen LogP contribution in [0.5, 0.6) is 0 Å². The summed E-state index contributed by atoms with van der Waals surface area (Å²) in [5.41, 5.74) is 9.21. The van der Waals surface area contributed by atoms with Crippen molar-refractivity contribution in [1.29, 1.82) is 0 Å². The molecule has 1 aliphatic rings. The highest BCUT2D eigenvalue weighted by atomic mass is 15.3. The van der Waals surface area contributed by atoms with E-state index in [0.29, 0.717) is 5.84 Å². The van der Waals surface area contributed by atoms with Crippen LogP contribution in [0.15, 0.2) is 45.6 Å². The van der Waals surface area contributed by atoms with Crippen molar-refractivity contribution in [2.75, 3.05) is 0 Å². The molecule has 1 aliphatic heterocycles. The molecule has 0 radical (unpaired) electrons. The standard InChI is InChI=1S/C8H5N5/c9-11-8-10-7(12-13-8)6-4-2-1-3-5-6/h1-5H. The van der Waals surface area contributed by atoms with Crippen molar-refractivity contribution in [1.82, 2.24) is 0 Å². The average molecular weight is 171 g/mol. The molecule has 13 heavy (non-hydrogen) atoms. The first kappa shape index (κ1) is 7.52. The molecule has 0 atom stereocenters. The Morgan fingerprint density at radius 2 is 1.85 bits per heavy atom.